The van der Waals surface area contributed by atoms with Crippen LogP contribution in [0.1, 0.15) is 22.9 Å². The number of hydrogen-bond donors (Lipinski definition) is 1. The van der Waals surface area contributed by atoms with Gasteiger partial charge in [0.25, 0.3) is 0 Å². The monoisotopic (exact) mass is 440 g/mol. The highest BCUT2D eigenvalue weighted by atomic mass is 79.9. The Balaban J connectivity index is 1.69. The maximum atomic E-state index is 11.1. The Morgan fingerprint density at radius 2 is 2.07 bits per heavy atom. The molecule has 3 unspecified atom stereocenters. The number of fused-ring (bicyclic) bond motifs is 1. The lowest BCUT2D eigenvalue weighted by Gasteiger charge is -2.36. The third-order valence-electron chi connectivity index (χ3n) is 5.07. The van der Waals surface area contributed by atoms with Crippen LogP contribution < -0.4 is 4.74 Å². The first kappa shape index (κ1) is 19.1. The molecule has 0 aliphatic carbocycles. The zero-order valence-electron chi connectivity index (χ0n) is 15.7. The zero-order valence-corrected chi connectivity index (χ0v) is 17.3. The van der Waals surface area contributed by atoms with Crippen LogP contribution in [0.5, 0.6) is 5.75 Å². The summed E-state index contributed by atoms with van der Waals surface area (Å²) < 4.78 is 12.5. The highest BCUT2D eigenvalue weighted by Crippen LogP contribution is 2.42. The van der Waals surface area contributed by atoms with Crippen molar-refractivity contribution in [2.75, 3.05) is 7.11 Å². The molecule has 28 heavy (non-hydrogen) atoms. The number of aliphatic hydroxyl groups excluding tert-OH is 1. The van der Waals surface area contributed by atoms with Gasteiger partial charge in [-0.3, -0.25) is 9.97 Å². The van der Waals surface area contributed by atoms with Crippen LogP contribution in [0.15, 0.2) is 59.3 Å². The number of aromatic nitrogens is 2. The molecule has 3 aromatic rings. The molecule has 144 valence electrons. The molecule has 0 bridgehead atoms. The molecule has 5 nitrogen and oxygen atoms in total. The van der Waals surface area contributed by atoms with Gasteiger partial charge in [0.15, 0.2) is 0 Å². The van der Waals surface area contributed by atoms with Crippen molar-refractivity contribution in [2.24, 2.45) is 5.92 Å². The first-order valence-corrected chi connectivity index (χ1v) is 9.90. The van der Waals surface area contributed by atoms with Gasteiger partial charge in [0.2, 0.25) is 6.29 Å². The summed E-state index contributed by atoms with van der Waals surface area (Å²) in [6.07, 6.45) is 2.90. The minimum atomic E-state index is -0.717. The Bertz CT molecular complexity index is 981. The van der Waals surface area contributed by atoms with Gasteiger partial charge < -0.3 is 14.6 Å². The Labute approximate surface area is 172 Å². The Morgan fingerprint density at radius 1 is 1.21 bits per heavy atom. The molecule has 1 aliphatic rings. The topological polar surface area (TPSA) is 64.5 Å². The van der Waals surface area contributed by atoms with Crippen LogP contribution in [0.2, 0.25) is 0 Å². The summed E-state index contributed by atoms with van der Waals surface area (Å²) in [4.78, 5) is 8.80. The standard InChI is InChI=1S/C22H21BrN2O3/c1-13-18(23)6-7-19(25-13)15-5-8-20-16(11-15)21(26)17(22(27-2)28-20)10-14-4-3-9-24-12-14/h3-9,11-12,17,21-22,26H,10H2,1-2H3. The summed E-state index contributed by atoms with van der Waals surface area (Å²) in [5.74, 6) is 0.399. The minimum absolute atomic E-state index is 0.239. The van der Waals surface area contributed by atoms with Crippen LogP contribution >= 0.6 is 15.9 Å². The second-order valence-corrected chi connectivity index (χ2v) is 7.77. The number of aryl methyl sites for hydroxylation is 1. The van der Waals surface area contributed by atoms with E-state index in [2.05, 4.69) is 25.9 Å². The van der Waals surface area contributed by atoms with E-state index < -0.39 is 12.4 Å². The van der Waals surface area contributed by atoms with Crippen molar-refractivity contribution < 1.29 is 14.6 Å². The molecule has 0 spiro atoms. The van der Waals surface area contributed by atoms with E-state index in [1.807, 2.05) is 49.4 Å². The molecule has 0 fully saturated rings. The lowest BCUT2D eigenvalue weighted by Crippen LogP contribution is -2.38. The van der Waals surface area contributed by atoms with Gasteiger partial charge in [-0.2, -0.15) is 0 Å². The fraction of sp³-hybridized carbons (Fsp3) is 0.273. The number of ether oxygens (including phenoxy) is 2. The van der Waals surface area contributed by atoms with Crippen molar-refractivity contribution in [3.8, 4) is 17.0 Å². The molecular weight excluding hydrogens is 420 g/mol. The van der Waals surface area contributed by atoms with Crippen LogP contribution in [-0.2, 0) is 11.2 Å². The number of hydrogen-bond acceptors (Lipinski definition) is 5. The number of nitrogens with zero attached hydrogens (tertiary/aromatic N) is 2. The summed E-state index contributed by atoms with van der Waals surface area (Å²) >= 11 is 3.48. The first-order valence-electron chi connectivity index (χ1n) is 9.10. The zero-order chi connectivity index (χ0) is 19.7. The molecule has 1 aliphatic heterocycles. The molecule has 0 saturated heterocycles. The lowest BCUT2D eigenvalue weighted by molar-refractivity contribution is -0.139. The third-order valence-corrected chi connectivity index (χ3v) is 5.91. The number of aliphatic hydroxyl groups is 1. The van der Waals surface area contributed by atoms with Gasteiger partial charge in [0.05, 0.1) is 23.4 Å². The molecular formula is C22H21BrN2O3. The molecule has 2 aromatic heterocycles. The molecule has 6 heteroatoms. The molecule has 3 heterocycles. The van der Waals surface area contributed by atoms with E-state index in [0.717, 1.165) is 32.6 Å². The van der Waals surface area contributed by atoms with Crippen LogP contribution in [0.3, 0.4) is 0 Å². The molecule has 0 saturated carbocycles. The molecule has 1 N–H and O–H groups in total. The van der Waals surface area contributed by atoms with E-state index in [0.29, 0.717) is 12.2 Å². The Hall–Kier alpha value is -2.28. The van der Waals surface area contributed by atoms with E-state index in [-0.39, 0.29) is 5.92 Å². The molecule has 4 rings (SSSR count). The highest BCUT2D eigenvalue weighted by molar-refractivity contribution is 9.10. The molecule has 3 atom stereocenters. The van der Waals surface area contributed by atoms with E-state index in [1.54, 1.807) is 19.5 Å². The highest BCUT2D eigenvalue weighted by Gasteiger charge is 2.38. The smallest absolute Gasteiger partial charge is 0.205 e. The SMILES string of the molecule is COC1Oc2ccc(-c3ccc(Br)c(C)n3)cc2C(O)C1Cc1cccnc1. The lowest BCUT2D eigenvalue weighted by atomic mass is 9.86. The first-order chi connectivity index (χ1) is 13.6. The van der Waals surface area contributed by atoms with Gasteiger partial charge in [0.1, 0.15) is 5.75 Å². The van der Waals surface area contributed by atoms with Gasteiger partial charge in [-0.05, 0) is 71.2 Å². The molecule has 0 radical (unpaired) electrons. The van der Waals surface area contributed by atoms with Crippen LogP contribution in [0, 0.1) is 12.8 Å². The van der Waals surface area contributed by atoms with Crippen LogP contribution in [0.25, 0.3) is 11.3 Å². The number of halogens is 1. The normalized spacial score (nSPS) is 21.1. The van der Waals surface area contributed by atoms with E-state index in [9.17, 15) is 5.11 Å². The van der Waals surface area contributed by atoms with Crippen molar-refractivity contribution in [3.05, 3.63) is 76.2 Å². The van der Waals surface area contributed by atoms with Crippen LogP contribution in [0.4, 0.5) is 0 Å². The minimum Gasteiger partial charge on any atom is -0.464 e. The van der Waals surface area contributed by atoms with E-state index in [1.165, 1.54) is 0 Å². The Morgan fingerprint density at radius 3 is 2.79 bits per heavy atom. The quantitative estimate of drug-likeness (QED) is 0.647. The van der Waals surface area contributed by atoms with Gasteiger partial charge >= 0.3 is 0 Å². The number of benzene rings is 1. The average molecular weight is 441 g/mol. The number of pyridine rings is 2. The van der Waals surface area contributed by atoms with Crippen LogP contribution in [-0.4, -0.2) is 28.5 Å². The number of rotatable bonds is 4. The maximum absolute atomic E-state index is 11.1. The van der Waals surface area contributed by atoms with Crippen molar-refractivity contribution in [2.45, 2.75) is 25.7 Å². The fourth-order valence-electron chi connectivity index (χ4n) is 3.56. The van der Waals surface area contributed by atoms with E-state index in [4.69, 9.17) is 9.47 Å². The predicted molar refractivity (Wildman–Crippen MR) is 110 cm³/mol. The maximum Gasteiger partial charge on any atom is 0.205 e. The van der Waals surface area contributed by atoms with Crippen molar-refractivity contribution in [3.63, 3.8) is 0 Å². The summed E-state index contributed by atoms with van der Waals surface area (Å²) in [6.45, 7) is 1.96. The average Bonchev–Trinajstić information content (AvgIpc) is 2.72. The van der Waals surface area contributed by atoms with Gasteiger partial charge in [-0.15, -0.1) is 0 Å². The van der Waals surface area contributed by atoms with Crippen molar-refractivity contribution in [1.29, 1.82) is 0 Å². The van der Waals surface area contributed by atoms with Crippen molar-refractivity contribution >= 4 is 15.9 Å². The third kappa shape index (κ3) is 3.68. The summed E-state index contributed by atoms with van der Waals surface area (Å²) in [7, 11) is 1.60. The number of methoxy groups -OCH3 is 1. The molecule has 1 aromatic carbocycles. The fourth-order valence-corrected chi connectivity index (χ4v) is 3.79. The van der Waals surface area contributed by atoms with E-state index >= 15 is 0 Å². The molecule has 0 amide bonds. The second kappa shape index (κ2) is 7.99. The predicted octanol–water partition coefficient (Wildman–Crippen LogP) is 4.47. The van der Waals surface area contributed by atoms with Gasteiger partial charge in [-0.1, -0.05) is 6.07 Å². The summed E-state index contributed by atoms with van der Waals surface area (Å²) in [5, 5.41) is 11.1. The largest absolute Gasteiger partial charge is 0.464 e. The van der Waals surface area contributed by atoms with Gasteiger partial charge in [-0.25, -0.2) is 0 Å². The second-order valence-electron chi connectivity index (χ2n) is 6.91. The Kier molecular flexibility index (Phi) is 5.44. The van der Waals surface area contributed by atoms with Crippen molar-refractivity contribution in [1.82, 2.24) is 9.97 Å². The summed E-state index contributed by atoms with van der Waals surface area (Å²) in [5.41, 5.74) is 4.49. The van der Waals surface area contributed by atoms with Gasteiger partial charge in [0, 0.05) is 35.1 Å². The summed E-state index contributed by atoms with van der Waals surface area (Å²) in [6, 6.07) is 13.6.